The van der Waals surface area contributed by atoms with E-state index in [0.29, 0.717) is 23.2 Å². The number of rotatable bonds is 6. The second-order valence-corrected chi connectivity index (χ2v) is 5.07. The molecule has 1 saturated heterocycles. The van der Waals surface area contributed by atoms with Gasteiger partial charge in [0.15, 0.2) is 0 Å². The Bertz CT molecular complexity index is 448. The molecule has 1 unspecified atom stereocenters. The van der Waals surface area contributed by atoms with Gasteiger partial charge in [-0.05, 0) is 37.9 Å². The molecule has 1 aliphatic rings. The molecular formula is C13H17ClN2O3. The number of hydrogen-bond donors (Lipinski definition) is 1. The highest BCUT2D eigenvalue weighted by Gasteiger charge is 2.16. The number of nitro groups is 1. The highest BCUT2D eigenvalue weighted by molar-refractivity contribution is 6.30. The standard InChI is InChI=1S/C13H17ClN2O3/c14-11-3-4-13(16(17)18)10(8-11)9-15-6-5-12-2-1-7-19-12/h3-4,8,12,15H,1-2,5-7,9H2. The number of nitrogens with one attached hydrogen (secondary N) is 1. The van der Waals surface area contributed by atoms with Crippen molar-refractivity contribution in [2.45, 2.75) is 31.9 Å². The largest absolute Gasteiger partial charge is 0.378 e. The summed E-state index contributed by atoms with van der Waals surface area (Å²) in [6.45, 7) is 2.09. The molecule has 0 spiro atoms. The first kappa shape index (κ1) is 14.2. The fourth-order valence-corrected chi connectivity index (χ4v) is 2.43. The van der Waals surface area contributed by atoms with E-state index in [1.165, 1.54) is 12.1 Å². The smallest absolute Gasteiger partial charge is 0.273 e. The maximum Gasteiger partial charge on any atom is 0.273 e. The summed E-state index contributed by atoms with van der Waals surface area (Å²) in [7, 11) is 0. The molecule has 1 N–H and O–H groups in total. The van der Waals surface area contributed by atoms with Crippen LogP contribution >= 0.6 is 11.6 Å². The van der Waals surface area contributed by atoms with Gasteiger partial charge in [0.2, 0.25) is 0 Å². The number of benzene rings is 1. The van der Waals surface area contributed by atoms with Crippen molar-refractivity contribution in [3.8, 4) is 0 Å². The first-order chi connectivity index (χ1) is 9.16. The van der Waals surface area contributed by atoms with Crippen molar-refractivity contribution in [1.82, 2.24) is 5.32 Å². The van der Waals surface area contributed by atoms with E-state index in [1.807, 2.05) is 0 Å². The molecule has 19 heavy (non-hydrogen) atoms. The maximum atomic E-state index is 10.9. The van der Waals surface area contributed by atoms with Crippen molar-refractivity contribution in [2.24, 2.45) is 0 Å². The Labute approximate surface area is 117 Å². The van der Waals surface area contributed by atoms with Gasteiger partial charge >= 0.3 is 0 Å². The van der Waals surface area contributed by atoms with E-state index >= 15 is 0 Å². The molecule has 0 aromatic heterocycles. The fourth-order valence-electron chi connectivity index (χ4n) is 2.23. The van der Waals surface area contributed by atoms with Gasteiger partial charge in [-0.25, -0.2) is 0 Å². The predicted octanol–water partition coefficient (Wildman–Crippen LogP) is 2.91. The minimum absolute atomic E-state index is 0.106. The van der Waals surface area contributed by atoms with Crippen LogP contribution < -0.4 is 5.32 Å². The first-order valence-corrected chi connectivity index (χ1v) is 6.80. The third kappa shape index (κ3) is 4.16. The molecule has 1 aliphatic heterocycles. The molecule has 0 amide bonds. The van der Waals surface area contributed by atoms with Crippen molar-refractivity contribution in [3.05, 3.63) is 38.9 Å². The second-order valence-electron chi connectivity index (χ2n) is 4.63. The third-order valence-corrected chi connectivity index (χ3v) is 3.46. The lowest BCUT2D eigenvalue weighted by molar-refractivity contribution is -0.385. The van der Waals surface area contributed by atoms with Crippen molar-refractivity contribution in [1.29, 1.82) is 0 Å². The Kier molecular flexibility index (Phi) is 5.13. The Balaban J connectivity index is 1.84. The van der Waals surface area contributed by atoms with Gasteiger partial charge in [-0.1, -0.05) is 11.6 Å². The van der Waals surface area contributed by atoms with Crippen molar-refractivity contribution >= 4 is 17.3 Å². The second kappa shape index (κ2) is 6.84. The molecule has 0 aliphatic carbocycles. The monoisotopic (exact) mass is 284 g/mol. The van der Waals surface area contributed by atoms with Crippen LogP contribution in [-0.2, 0) is 11.3 Å². The van der Waals surface area contributed by atoms with Crippen LogP contribution in [0.25, 0.3) is 0 Å². The molecule has 6 heteroatoms. The van der Waals surface area contributed by atoms with E-state index in [1.54, 1.807) is 6.07 Å². The van der Waals surface area contributed by atoms with Gasteiger partial charge in [-0.15, -0.1) is 0 Å². The quantitative estimate of drug-likeness (QED) is 0.495. The molecule has 1 aromatic carbocycles. The van der Waals surface area contributed by atoms with Crippen LogP contribution in [0.1, 0.15) is 24.8 Å². The van der Waals surface area contributed by atoms with Crippen LogP contribution in [0.5, 0.6) is 0 Å². The molecule has 1 atom stereocenters. The van der Waals surface area contributed by atoms with E-state index in [0.717, 1.165) is 32.4 Å². The molecule has 0 bridgehead atoms. The average Bonchev–Trinajstić information content (AvgIpc) is 2.87. The average molecular weight is 285 g/mol. The topological polar surface area (TPSA) is 64.4 Å². The third-order valence-electron chi connectivity index (χ3n) is 3.22. The number of ether oxygens (including phenoxy) is 1. The van der Waals surface area contributed by atoms with Gasteiger partial charge in [0.25, 0.3) is 5.69 Å². The van der Waals surface area contributed by atoms with Crippen LogP contribution in [0, 0.1) is 10.1 Å². The summed E-state index contributed by atoms with van der Waals surface area (Å²) >= 11 is 5.87. The molecule has 0 radical (unpaired) electrons. The zero-order valence-electron chi connectivity index (χ0n) is 10.6. The zero-order valence-corrected chi connectivity index (χ0v) is 11.4. The first-order valence-electron chi connectivity index (χ1n) is 6.42. The Morgan fingerprint density at radius 1 is 1.53 bits per heavy atom. The lowest BCUT2D eigenvalue weighted by Crippen LogP contribution is -2.20. The number of hydrogen-bond acceptors (Lipinski definition) is 4. The van der Waals surface area contributed by atoms with Gasteiger partial charge in [-0.3, -0.25) is 10.1 Å². The Morgan fingerprint density at radius 2 is 2.37 bits per heavy atom. The highest BCUT2D eigenvalue weighted by atomic mass is 35.5. The van der Waals surface area contributed by atoms with Crippen molar-refractivity contribution in [2.75, 3.05) is 13.2 Å². The van der Waals surface area contributed by atoms with Gasteiger partial charge in [0.05, 0.1) is 11.0 Å². The zero-order chi connectivity index (χ0) is 13.7. The molecule has 0 saturated carbocycles. The number of nitro benzene ring substituents is 1. The van der Waals surface area contributed by atoms with Crippen molar-refractivity contribution < 1.29 is 9.66 Å². The summed E-state index contributed by atoms with van der Waals surface area (Å²) in [5.74, 6) is 0. The van der Waals surface area contributed by atoms with Gasteiger partial charge in [0, 0.05) is 29.8 Å². The van der Waals surface area contributed by atoms with Crippen molar-refractivity contribution in [3.63, 3.8) is 0 Å². The fraction of sp³-hybridized carbons (Fsp3) is 0.538. The Hall–Kier alpha value is -1.17. The molecule has 5 nitrogen and oxygen atoms in total. The summed E-state index contributed by atoms with van der Waals surface area (Å²) in [5, 5.41) is 14.6. The van der Waals surface area contributed by atoms with Crippen LogP contribution in [0.15, 0.2) is 18.2 Å². The van der Waals surface area contributed by atoms with Crippen LogP contribution in [0.2, 0.25) is 5.02 Å². The lowest BCUT2D eigenvalue weighted by Gasteiger charge is -2.10. The van der Waals surface area contributed by atoms with Crippen LogP contribution in [0.4, 0.5) is 5.69 Å². The normalized spacial score (nSPS) is 18.7. The summed E-state index contributed by atoms with van der Waals surface area (Å²) < 4.78 is 5.52. The highest BCUT2D eigenvalue weighted by Crippen LogP contribution is 2.22. The summed E-state index contributed by atoms with van der Waals surface area (Å²) in [6, 6.07) is 4.62. The molecule has 1 aromatic rings. The SMILES string of the molecule is O=[N+]([O-])c1ccc(Cl)cc1CNCCC1CCCO1. The summed E-state index contributed by atoms with van der Waals surface area (Å²) in [4.78, 5) is 10.5. The van der Waals surface area contributed by atoms with E-state index in [2.05, 4.69) is 5.32 Å². The molecule has 104 valence electrons. The maximum absolute atomic E-state index is 10.9. The Morgan fingerprint density at radius 3 is 3.05 bits per heavy atom. The van der Waals surface area contributed by atoms with Gasteiger partial charge < -0.3 is 10.1 Å². The molecule has 2 rings (SSSR count). The molecule has 1 heterocycles. The molecule has 1 fully saturated rings. The van der Waals surface area contributed by atoms with Gasteiger partial charge in [-0.2, -0.15) is 0 Å². The van der Waals surface area contributed by atoms with Gasteiger partial charge in [0.1, 0.15) is 0 Å². The van der Waals surface area contributed by atoms with E-state index in [-0.39, 0.29) is 10.6 Å². The number of nitrogens with zero attached hydrogens (tertiary/aromatic N) is 1. The van der Waals surface area contributed by atoms with E-state index in [4.69, 9.17) is 16.3 Å². The number of halogens is 1. The molecular weight excluding hydrogens is 268 g/mol. The predicted molar refractivity (Wildman–Crippen MR) is 73.4 cm³/mol. The van der Waals surface area contributed by atoms with Crippen LogP contribution in [0.3, 0.4) is 0 Å². The summed E-state index contributed by atoms with van der Waals surface area (Å²) in [6.07, 6.45) is 3.51. The van der Waals surface area contributed by atoms with Crippen LogP contribution in [-0.4, -0.2) is 24.2 Å². The lowest BCUT2D eigenvalue weighted by atomic mass is 10.1. The minimum atomic E-state index is -0.382. The van der Waals surface area contributed by atoms with E-state index in [9.17, 15) is 10.1 Å². The summed E-state index contributed by atoms with van der Waals surface area (Å²) in [5.41, 5.74) is 0.721. The minimum Gasteiger partial charge on any atom is -0.378 e. The van der Waals surface area contributed by atoms with E-state index < -0.39 is 0 Å².